The number of thiophene rings is 2. The molecule has 0 unspecified atom stereocenters. The molecule has 2 aromatic heterocycles. The predicted molar refractivity (Wildman–Crippen MR) is 265 cm³/mol. The van der Waals surface area contributed by atoms with Crippen molar-refractivity contribution in [3.63, 3.8) is 0 Å². The number of ether oxygens (including phenoxy) is 7. The molecule has 7 atom stereocenters. The number of halogens is 2. The number of alkyl halides is 2. The number of rotatable bonds is 15. The third kappa shape index (κ3) is 10.5. The van der Waals surface area contributed by atoms with Gasteiger partial charge in [-0.15, -0.1) is 45.9 Å². The minimum atomic E-state index is -1.12. The molecule has 0 radical (unpaired) electrons. The number of anilines is 2. The van der Waals surface area contributed by atoms with E-state index in [2.05, 4.69) is 0 Å². The Balaban J connectivity index is 1.01. The van der Waals surface area contributed by atoms with Crippen LogP contribution >= 0.6 is 45.9 Å². The fourth-order valence-electron chi connectivity index (χ4n) is 9.53. The molecule has 3 aliphatic heterocycles. The third-order valence-corrected chi connectivity index (χ3v) is 15.6. The van der Waals surface area contributed by atoms with Gasteiger partial charge in [0.1, 0.15) is 30.3 Å². The number of fused-ring (bicyclic) bond motifs is 6. The molecule has 0 spiro atoms. The summed E-state index contributed by atoms with van der Waals surface area (Å²) < 4.78 is 42.0. The van der Waals surface area contributed by atoms with E-state index in [-0.39, 0.29) is 91.6 Å². The van der Waals surface area contributed by atoms with E-state index >= 15 is 0 Å². The molecule has 0 N–H and O–H groups in total. The predicted octanol–water partition coefficient (Wildman–Crippen LogP) is 9.59. The van der Waals surface area contributed by atoms with E-state index in [1.807, 2.05) is 24.6 Å². The Morgan fingerprint density at radius 2 is 1.28 bits per heavy atom. The number of esters is 3. The second-order valence-electron chi connectivity index (χ2n) is 17.6. The number of carbonyl (C=O) groups is 6. The van der Waals surface area contributed by atoms with Crippen LogP contribution in [0.3, 0.4) is 0 Å². The Hall–Kier alpha value is -6.06. The van der Waals surface area contributed by atoms with Gasteiger partial charge in [-0.05, 0) is 65.4 Å². The van der Waals surface area contributed by atoms with Crippen LogP contribution in [0, 0.1) is 29.9 Å². The molecular weight excluding hydrogens is 1010 g/mol. The quantitative estimate of drug-likeness (QED) is 0.0238. The highest BCUT2D eigenvalue weighted by Crippen LogP contribution is 2.51. The molecule has 8 rings (SSSR count). The average molecular weight is 1050 g/mol. The van der Waals surface area contributed by atoms with Crippen molar-refractivity contribution in [1.29, 1.82) is 0 Å². The van der Waals surface area contributed by atoms with E-state index in [4.69, 9.17) is 56.4 Å². The number of hydrogen-bond acceptors (Lipinski definition) is 17. The van der Waals surface area contributed by atoms with Crippen molar-refractivity contribution in [3.05, 3.63) is 79.5 Å². The fraction of sp³-hybridized carbons (Fsp3) is 0.429. The van der Waals surface area contributed by atoms with Crippen LogP contribution in [-0.2, 0) is 42.9 Å². The standard InChI is InChI=1S/C49H49Cl2N3O15S2/c1-23-21-70-46-35(67-48-25(3)44(64-27(5)56)45(65-28(6)57)37(68-48)20-63-26(4)55)14-33-42(40(23)46)29(16-50)18-52(33)38(58)8-7-9-39(59)53-19-30(17-51)43-34(53)15-36(47-41(43)24(2)22-71-47)69-49(60)66-32-12-10-31(11-13-32)54(61)62/h10-15,21-22,25,29-30,37,44-45,48H,7-9,16-20H2,1-6H3/t25-,29-,30-,37-,44-,45-,48-/m1/s1. The van der Waals surface area contributed by atoms with Crippen LogP contribution in [0.2, 0.25) is 0 Å². The lowest BCUT2D eigenvalue weighted by molar-refractivity contribution is -0.384. The molecule has 5 aromatic rings. The van der Waals surface area contributed by atoms with Crippen molar-refractivity contribution < 1.29 is 66.8 Å². The number of benzene rings is 3. The minimum Gasteiger partial charge on any atom is -0.463 e. The molecule has 3 aromatic carbocycles. The zero-order chi connectivity index (χ0) is 51.0. The molecule has 1 saturated heterocycles. The van der Waals surface area contributed by atoms with Crippen molar-refractivity contribution in [2.75, 3.05) is 41.3 Å². The van der Waals surface area contributed by atoms with Crippen LogP contribution in [0.4, 0.5) is 21.9 Å². The number of amides is 2. The molecule has 1 fully saturated rings. The van der Waals surface area contributed by atoms with Crippen LogP contribution in [0.1, 0.15) is 81.0 Å². The van der Waals surface area contributed by atoms with Crippen molar-refractivity contribution >= 4 is 119 Å². The van der Waals surface area contributed by atoms with Gasteiger partial charge in [0.05, 0.1) is 31.6 Å². The van der Waals surface area contributed by atoms with Crippen molar-refractivity contribution in [2.45, 2.75) is 97.2 Å². The molecule has 2 amide bonds. The highest BCUT2D eigenvalue weighted by molar-refractivity contribution is 7.18. The first-order chi connectivity index (χ1) is 33.9. The third-order valence-electron chi connectivity index (χ3n) is 12.7. The second kappa shape index (κ2) is 21.3. The molecule has 0 aliphatic carbocycles. The van der Waals surface area contributed by atoms with Gasteiger partial charge in [0.15, 0.2) is 11.9 Å². The zero-order valence-corrected chi connectivity index (χ0v) is 42.5. The smallest absolute Gasteiger partial charge is 0.463 e. The zero-order valence-electron chi connectivity index (χ0n) is 39.4. The van der Waals surface area contributed by atoms with E-state index in [1.54, 1.807) is 28.9 Å². The van der Waals surface area contributed by atoms with Gasteiger partial charge in [-0.3, -0.25) is 34.1 Å². The molecule has 22 heteroatoms. The van der Waals surface area contributed by atoms with Gasteiger partial charge < -0.3 is 43.0 Å². The van der Waals surface area contributed by atoms with Gasteiger partial charge in [0.2, 0.25) is 18.1 Å². The summed E-state index contributed by atoms with van der Waals surface area (Å²) in [6.45, 7) is 9.47. The average Bonchev–Trinajstić information content (AvgIpc) is 4.10. The summed E-state index contributed by atoms with van der Waals surface area (Å²) in [5, 5.41) is 16.7. The van der Waals surface area contributed by atoms with Gasteiger partial charge in [-0.25, -0.2) is 4.79 Å². The van der Waals surface area contributed by atoms with Crippen molar-refractivity contribution in [2.24, 2.45) is 5.92 Å². The number of hydrogen-bond donors (Lipinski definition) is 0. The van der Waals surface area contributed by atoms with E-state index in [9.17, 15) is 38.9 Å². The number of aryl methyl sites for hydroxylation is 2. The first-order valence-corrected chi connectivity index (χ1v) is 25.5. The molecule has 5 heterocycles. The lowest BCUT2D eigenvalue weighted by Gasteiger charge is -2.43. The maximum absolute atomic E-state index is 14.4. The number of nitro benzene ring substituents is 1. The van der Waals surface area contributed by atoms with E-state index in [1.165, 1.54) is 67.7 Å². The molecule has 0 saturated carbocycles. The first kappa shape index (κ1) is 51.3. The summed E-state index contributed by atoms with van der Waals surface area (Å²) in [6.07, 6.45) is -5.23. The molecule has 376 valence electrons. The van der Waals surface area contributed by atoms with Crippen LogP contribution in [0.15, 0.2) is 47.2 Å². The number of nitrogens with zero attached hydrogens (tertiary/aromatic N) is 3. The normalized spacial score (nSPS) is 21.4. The second-order valence-corrected chi connectivity index (χ2v) is 20.0. The lowest BCUT2D eigenvalue weighted by atomic mass is 9.91. The summed E-state index contributed by atoms with van der Waals surface area (Å²) in [7, 11) is 0. The Kier molecular flexibility index (Phi) is 15.4. The molecular formula is C49H49Cl2N3O15S2. The van der Waals surface area contributed by atoms with Gasteiger partial charge in [0.25, 0.3) is 5.69 Å². The molecule has 18 nitrogen and oxygen atoms in total. The fourth-order valence-corrected chi connectivity index (χ4v) is 12.1. The SMILES string of the molecule is CC(=O)OC[C@H]1O[C@@H](Oc2cc3c(c4c(C)csc24)[C@H](CCl)CN3C(=O)CCCC(=O)N2C[C@@H](CCl)c3c2cc(OC(=O)Oc2ccc([N+](=O)[O-])cc2)c2scc(C)c32)[C@H](C)[C@@H](OC(C)=O)[C@@H]1OC(C)=O. The highest BCUT2D eigenvalue weighted by Gasteiger charge is 2.50. The monoisotopic (exact) mass is 1050 g/mol. The minimum absolute atomic E-state index is 0.000855. The number of carbonyl (C=O) groups excluding carboxylic acids is 6. The number of nitro groups is 1. The maximum atomic E-state index is 14.4. The Labute approximate surface area is 425 Å². The van der Waals surface area contributed by atoms with E-state index in [0.29, 0.717) is 21.8 Å². The molecule has 0 bridgehead atoms. The largest absolute Gasteiger partial charge is 0.519 e. The topological polar surface area (TPSA) is 217 Å². The highest BCUT2D eigenvalue weighted by atomic mass is 35.5. The van der Waals surface area contributed by atoms with Crippen LogP contribution < -0.4 is 24.0 Å². The lowest BCUT2D eigenvalue weighted by Crippen LogP contribution is -2.59. The molecule has 3 aliphatic rings. The van der Waals surface area contributed by atoms with Crippen LogP contribution in [-0.4, -0.2) is 96.9 Å². The van der Waals surface area contributed by atoms with Gasteiger partial charge in [0, 0.05) is 105 Å². The van der Waals surface area contributed by atoms with Gasteiger partial charge in [-0.2, -0.15) is 0 Å². The van der Waals surface area contributed by atoms with Crippen LogP contribution in [0.5, 0.6) is 17.2 Å². The summed E-state index contributed by atoms with van der Waals surface area (Å²) in [4.78, 5) is 91.9. The van der Waals surface area contributed by atoms with Crippen LogP contribution in [0.25, 0.3) is 20.2 Å². The van der Waals surface area contributed by atoms with Crippen molar-refractivity contribution in [3.8, 4) is 17.2 Å². The van der Waals surface area contributed by atoms with E-state index in [0.717, 1.165) is 37.7 Å². The summed E-state index contributed by atoms with van der Waals surface area (Å²) in [6, 6.07) is 8.36. The van der Waals surface area contributed by atoms with Gasteiger partial charge >= 0.3 is 24.1 Å². The first-order valence-electron chi connectivity index (χ1n) is 22.6. The summed E-state index contributed by atoms with van der Waals surface area (Å²) in [5.74, 6) is -2.58. The Morgan fingerprint density at radius 1 is 0.761 bits per heavy atom. The number of non-ortho nitro benzene ring substituents is 1. The summed E-state index contributed by atoms with van der Waals surface area (Å²) >= 11 is 15.9. The maximum Gasteiger partial charge on any atom is 0.519 e. The van der Waals surface area contributed by atoms with Gasteiger partial charge in [-0.1, -0.05) is 6.92 Å². The Morgan fingerprint density at radius 3 is 1.79 bits per heavy atom. The van der Waals surface area contributed by atoms with E-state index < -0.39 is 59.5 Å². The van der Waals surface area contributed by atoms with Crippen molar-refractivity contribution in [1.82, 2.24) is 0 Å². The Bertz CT molecular complexity index is 2940. The summed E-state index contributed by atoms with van der Waals surface area (Å²) in [5.41, 5.74) is 4.50. The molecule has 71 heavy (non-hydrogen) atoms.